The molecule has 1 N–H and O–H groups in total. The first-order valence-electron chi connectivity index (χ1n) is 5.07. The molecule has 0 saturated heterocycles. The van der Waals surface area contributed by atoms with Crippen LogP contribution in [0.3, 0.4) is 0 Å². The van der Waals surface area contributed by atoms with Crippen molar-refractivity contribution in [3.05, 3.63) is 27.7 Å². The number of methoxy groups -OCH3 is 1. The van der Waals surface area contributed by atoms with Gasteiger partial charge in [-0.15, -0.1) is 0 Å². The normalized spacial score (nSPS) is 10.8. The van der Waals surface area contributed by atoms with Gasteiger partial charge in [-0.1, -0.05) is 29.8 Å². The standard InChI is InChI=1S/C12H17BrO2/c1-8(2)11-7-10(13)6-9(4-5-14)12(11)15-3/h6-8,14H,4-5H2,1-3H3. The van der Waals surface area contributed by atoms with Crippen molar-refractivity contribution in [3.8, 4) is 5.75 Å². The predicted octanol–water partition coefficient (Wildman–Crippen LogP) is 3.12. The van der Waals surface area contributed by atoms with Crippen molar-refractivity contribution >= 4 is 15.9 Å². The Morgan fingerprint density at radius 2 is 2.07 bits per heavy atom. The van der Waals surface area contributed by atoms with Crippen molar-refractivity contribution in [2.24, 2.45) is 0 Å². The topological polar surface area (TPSA) is 29.5 Å². The number of benzene rings is 1. The van der Waals surface area contributed by atoms with Crippen LogP contribution in [0.15, 0.2) is 16.6 Å². The fourth-order valence-electron chi connectivity index (χ4n) is 1.66. The van der Waals surface area contributed by atoms with Crippen LogP contribution in [0, 0.1) is 0 Å². The summed E-state index contributed by atoms with van der Waals surface area (Å²) >= 11 is 3.48. The van der Waals surface area contributed by atoms with Gasteiger partial charge in [-0.3, -0.25) is 0 Å². The minimum Gasteiger partial charge on any atom is -0.496 e. The maximum absolute atomic E-state index is 8.99. The van der Waals surface area contributed by atoms with E-state index in [4.69, 9.17) is 9.84 Å². The number of hydrogen-bond donors (Lipinski definition) is 1. The Morgan fingerprint density at radius 3 is 2.53 bits per heavy atom. The van der Waals surface area contributed by atoms with Crippen LogP contribution < -0.4 is 4.74 Å². The third kappa shape index (κ3) is 2.95. The molecule has 0 bridgehead atoms. The van der Waals surface area contributed by atoms with Crippen LogP contribution >= 0.6 is 15.9 Å². The lowest BCUT2D eigenvalue weighted by atomic mass is 9.98. The Labute approximate surface area is 99.4 Å². The van der Waals surface area contributed by atoms with Gasteiger partial charge in [0.2, 0.25) is 0 Å². The molecule has 0 atom stereocenters. The maximum atomic E-state index is 8.99. The van der Waals surface area contributed by atoms with Crippen molar-refractivity contribution in [2.75, 3.05) is 13.7 Å². The highest BCUT2D eigenvalue weighted by Gasteiger charge is 2.13. The lowest BCUT2D eigenvalue weighted by Crippen LogP contribution is -2.01. The molecule has 3 heteroatoms. The summed E-state index contributed by atoms with van der Waals surface area (Å²) in [5.74, 6) is 1.32. The molecule has 0 unspecified atom stereocenters. The van der Waals surface area contributed by atoms with Gasteiger partial charge in [0.05, 0.1) is 7.11 Å². The average Bonchev–Trinajstić information content (AvgIpc) is 2.17. The molecule has 2 nitrogen and oxygen atoms in total. The van der Waals surface area contributed by atoms with E-state index in [9.17, 15) is 0 Å². The summed E-state index contributed by atoms with van der Waals surface area (Å²) in [5.41, 5.74) is 2.23. The third-order valence-electron chi connectivity index (χ3n) is 2.37. The molecule has 0 aliphatic heterocycles. The molecule has 0 aliphatic carbocycles. The fourth-order valence-corrected chi connectivity index (χ4v) is 2.18. The van der Waals surface area contributed by atoms with Gasteiger partial charge >= 0.3 is 0 Å². The monoisotopic (exact) mass is 272 g/mol. The smallest absolute Gasteiger partial charge is 0.125 e. The Kier molecular flexibility index (Phi) is 4.61. The number of rotatable bonds is 4. The van der Waals surface area contributed by atoms with Gasteiger partial charge in [0.15, 0.2) is 0 Å². The van der Waals surface area contributed by atoms with Gasteiger partial charge in [-0.05, 0) is 35.6 Å². The Morgan fingerprint density at radius 1 is 1.40 bits per heavy atom. The number of ether oxygens (including phenoxy) is 1. The third-order valence-corrected chi connectivity index (χ3v) is 2.82. The highest BCUT2D eigenvalue weighted by atomic mass is 79.9. The molecule has 0 heterocycles. The van der Waals surface area contributed by atoms with Crippen LogP contribution in [0.5, 0.6) is 5.75 Å². The molecule has 0 saturated carbocycles. The largest absolute Gasteiger partial charge is 0.496 e. The zero-order valence-electron chi connectivity index (χ0n) is 9.38. The molecule has 0 aromatic heterocycles. The second kappa shape index (κ2) is 5.52. The number of hydrogen-bond acceptors (Lipinski definition) is 2. The van der Waals surface area contributed by atoms with E-state index in [2.05, 4.69) is 35.8 Å². The molecule has 1 aromatic carbocycles. The summed E-state index contributed by atoms with van der Waals surface area (Å²) in [5, 5.41) is 8.99. The highest BCUT2D eigenvalue weighted by Crippen LogP contribution is 2.33. The van der Waals surface area contributed by atoms with Crippen LogP contribution in [0.4, 0.5) is 0 Å². The number of aliphatic hydroxyl groups excluding tert-OH is 1. The van der Waals surface area contributed by atoms with E-state index in [0.717, 1.165) is 15.8 Å². The van der Waals surface area contributed by atoms with E-state index in [1.165, 1.54) is 5.56 Å². The fraction of sp³-hybridized carbons (Fsp3) is 0.500. The second-order valence-electron chi connectivity index (χ2n) is 3.82. The highest BCUT2D eigenvalue weighted by molar-refractivity contribution is 9.10. The Hall–Kier alpha value is -0.540. The first-order valence-corrected chi connectivity index (χ1v) is 5.86. The lowest BCUT2D eigenvalue weighted by molar-refractivity contribution is 0.296. The van der Waals surface area contributed by atoms with E-state index in [1.54, 1.807) is 7.11 Å². The maximum Gasteiger partial charge on any atom is 0.125 e. The lowest BCUT2D eigenvalue weighted by Gasteiger charge is -2.16. The van der Waals surface area contributed by atoms with Crippen LogP contribution in [0.25, 0.3) is 0 Å². The van der Waals surface area contributed by atoms with Gasteiger partial charge in [-0.25, -0.2) is 0 Å². The first-order chi connectivity index (χ1) is 7.10. The van der Waals surface area contributed by atoms with Crippen LogP contribution in [0.2, 0.25) is 0 Å². The molecule has 15 heavy (non-hydrogen) atoms. The van der Waals surface area contributed by atoms with Crippen molar-refractivity contribution < 1.29 is 9.84 Å². The minimum atomic E-state index is 0.143. The van der Waals surface area contributed by atoms with Gasteiger partial charge in [0.1, 0.15) is 5.75 Å². The van der Waals surface area contributed by atoms with Crippen LogP contribution in [-0.4, -0.2) is 18.8 Å². The van der Waals surface area contributed by atoms with Crippen molar-refractivity contribution in [2.45, 2.75) is 26.2 Å². The summed E-state index contributed by atoms with van der Waals surface area (Å²) in [7, 11) is 1.68. The molecule has 0 amide bonds. The second-order valence-corrected chi connectivity index (χ2v) is 4.73. The molecule has 84 valence electrons. The van der Waals surface area contributed by atoms with Gasteiger partial charge in [-0.2, -0.15) is 0 Å². The quantitative estimate of drug-likeness (QED) is 0.913. The molecule has 1 aromatic rings. The number of aliphatic hydroxyl groups is 1. The van der Waals surface area contributed by atoms with E-state index < -0.39 is 0 Å². The first kappa shape index (κ1) is 12.5. The van der Waals surface area contributed by atoms with Crippen molar-refractivity contribution in [3.63, 3.8) is 0 Å². The van der Waals surface area contributed by atoms with Crippen molar-refractivity contribution in [1.29, 1.82) is 0 Å². The van der Waals surface area contributed by atoms with E-state index in [-0.39, 0.29) is 6.61 Å². The van der Waals surface area contributed by atoms with E-state index in [0.29, 0.717) is 12.3 Å². The summed E-state index contributed by atoms with van der Waals surface area (Å²) < 4.78 is 6.45. The molecule has 0 fully saturated rings. The van der Waals surface area contributed by atoms with Gasteiger partial charge in [0, 0.05) is 11.1 Å². The summed E-state index contributed by atoms with van der Waals surface area (Å²) in [6, 6.07) is 4.07. The molecule has 1 rings (SSSR count). The van der Waals surface area contributed by atoms with Crippen molar-refractivity contribution in [1.82, 2.24) is 0 Å². The molecule has 0 spiro atoms. The molecule has 0 aliphatic rings. The van der Waals surface area contributed by atoms with E-state index in [1.807, 2.05) is 6.07 Å². The summed E-state index contributed by atoms with van der Waals surface area (Å²) in [6.45, 7) is 4.41. The molecular weight excluding hydrogens is 256 g/mol. The van der Waals surface area contributed by atoms with Crippen LogP contribution in [-0.2, 0) is 6.42 Å². The summed E-state index contributed by atoms with van der Waals surface area (Å²) in [6.07, 6.45) is 0.627. The zero-order chi connectivity index (χ0) is 11.4. The average molecular weight is 273 g/mol. The number of halogens is 1. The zero-order valence-corrected chi connectivity index (χ0v) is 11.0. The minimum absolute atomic E-state index is 0.143. The Balaban J connectivity index is 3.25. The summed E-state index contributed by atoms with van der Waals surface area (Å²) in [4.78, 5) is 0. The SMILES string of the molecule is COc1c(CCO)cc(Br)cc1C(C)C. The predicted molar refractivity (Wildman–Crippen MR) is 65.6 cm³/mol. The molecule has 0 radical (unpaired) electrons. The van der Waals surface area contributed by atoms with Gasteiger partial charge in [0.25, 0.3) is 0 Å². The Bertz CT molecular complexity index is 335. The molecular formula is C12H17BrO2. The van der Waals surface area contributed by atoms with E-state index >= 15 is 0 Å². The van der Waals surface area contributed by atoms with Gasteiger partial charge < -0.3 is 9.84 Å². The van der Waals surface area contributed by atoms with Crippen LogP contribution in [0.1, 0.15) is 30.9 Å².